The van der Waals surface area contributed by atoms with Crippen molar-refractivity contribution in [3.05, 3.63) is 75.6 Å². The van der Waals surface area contributed by atoms with E-state index in [1.807, 2.05) is 52.4 Å². The lowest BCUT2D eigenvalue weighted by atomic mass is 10.1. The average Bonchev–Trinajstić information content (AvgIpc) is 3.22. The van der Waals surface area contributed by atoms with Crippen LogP contribution in [0.3, 0.4) is 0 Å². The molecule has 174 valence electrons. The number of nitro groups is 1. The molecule has 0 atom stereocenters. The van der Waals surface area contributed by atoms with E-state index >= 15 is 0 Å². The number of carbonyl (C=O) groups excluding carboxylic acids is 1. The molecule has 0 bridgehead atoms. The number of para-hydroxylation sites is 2. The van der Waals surface area contributed by atoms with Gasteiger partial charge in [-0.3, -0.25) is 14.9 Å². The number of aryl methyl sites for hydroxylation is 2. The summed E-state index contributed by atoms with van der Waals surface area (Å²) in [5.74, 6) is 0.0896. The second-order valence-corrected chi connectivity index (χ2v) is 8.63. The zero-order valence-corrected chi connectivity index (χ0v) is 19.3. The first-order chi connectivity index (χ1) is 16.4. The number of anilines is 1. The van der Waals surface area contributed by atoms with Crippen LogP contribution in [0.25, 0.3) is 16.6 Å². The monoisotopic (exact) mass is 458 g/mol. The van der Waals surface area contributed by atoms with Crippen LogP contribution in [0.4, 0.5) is 11.4 Å². The van der Waals surface area contributed by atoms with Crippen LogP contribution in [0.5, 0.6) is 0 Å². The lowest BCUT2D eigenvalue weighted by molar-refractivity contribution is -0.384. The van der Waals surface area contributed by atoms with Crippen LogP contribution in [-0.2, 0) is 11.2 Å². The number of piperazine rings is 1. The number of hydrogen-bond donors (Lipinski definition) is 0. The molecular weight excluding hydrogens is 432 g/mol. The fourth-order valence-corrected chi connectivity index (χ4v) is 4.81. The van der Waals surface area contributed by atoms with Gasteiger partial charge >= 0.3 is 0 Å². The second kappa shape index (κ2) is 8.74. The fourth-order valence-electron chi connectivity index (χ4n) is 4.81. The van der Waals surface area contributed by atoms with Gasteiger partial charge in [-0.1, -0.05) is 24.3 Å². The Morgan fingerprint density at radius 3 is 2.50 bits per heavy atom. The van der Waals surface area contributed by atoms with Gasteiger partial charge in [-0.05, 0) is 44.0 Å². The summed E-state index contributed by atoms with van der Waals surface area (Å²) >= 11 is 0. The van der Waals surface area contributed by atoms with E-state index in [1.165, 1.54) is 6.07 Å². The molecule has 34 heavy (non-hydrogen) atoms. The van der Waals surface area contributed by atoms with E-state index in [2.05, 4.69) is 0 Å². The van der Waals surface area contributed by atoms with Gasteiger partial charge in [-0.2, -0.15) is 5.10 Å². The minimum atomic E-state index is -0.356. The van der Waals surface area contributed by atoms with Crippen molar-refractivity contribution in [1.29, 1.82) is 0 Å². The third-order valence-corrected chi connectivity index (χ3v) is 6.66. The first-order valence-electron chi connectivity index (χ1n) is 11.4. The molecule has 0 unspecified atom stereocenters. The van der Waals surface area contributed by atoms with Crippen LogP contribution >= 0.6 is 0 Å². The molecule has 0 saturated carbocycles. The van der Waals surface area contributed by atoms with E-state index in [4.69, 9.17) is 10.1 Å². The Morgan fingerprint density at radius 1 is 1.03 bits per heavy atom. The first-order valence-corrected chi connectivity index (χ1v) is 11.4. The molecule has 1 aliphatic rings. The second-order valence-electron chi connectivity index (χ2n) is 8.63. The van der Waals surface area contributed by atoms with Crippen molar-refractivity contribution in [2.45, 2.75) is 26.7 Å². The Labute approximate surface area is 196 Å². The highest BCUT2D eigenvalue weighted by atomic mass is 16.6. The van der Waals surface area contributed by atoms with Gasteiger partial charge in [-0.15, -0.1) is 0 Å². The third kappa shape index (κ3) is 3.83. The van der Waals surface area contributed by atoms with Gasteiger partial charge < -0.3 is 9.80 Å². The van der Waals surface area contributed by atoms with Crippen molar-refractivity contribution in [3.63, 3.8) is 0 Å². The quantitative estimate of drug-likeness (QED) is 0.334. The minimum Gasteiger partial charge on any atom is -0.362 e. The maximum Gasteiger partial charge on any atom is 0.292 e. The van der Waals surface area contributed by atoms with E-state index in [0.717, 1.165) is 33.5 Å². The molecule has 2 aromatic carbocycles. The van der Waals surface area contributed by atoms with Crippen molar-refractivity contribution in [3.8, 4) is 0 Å². The van der Waals surface area contributed by atoms with Crippen molar-refractivity contribution < 1.29 is 9.72 Å². The Kier molecular flexibility index (Phi) is 5.61. The van der Waals surface area contributed by atoms with Crippen LogP contribution in [-0.4, -0.2) is 56.5 Å². The summed E-state index contributed by atoms with van der Waals surface area (Å²) < 4.78 is 1.88. The zero-order chi connectivity index (χ0) is 23.8. The summed E-state index contributed by atoms with van der Waals surface area (Å²) in [5, 5.41) is 17.1. The van der Waals surface area contributed by atoms with E-state index in [-0.39, 0.29) is 16.5 Å². The third-order valence-electron chi connectivity index (χ3n) is 6.66. The van der Waals surface area contributed by atoms with Gasteiger partial charge in [-0.25, -0.2) is 9.50 Å². The minimum absolute atomic E-state index is 0.0896. The normalized spacial score (nSPS) is 14.2. The van der Waals surface area contributed by atoms with Gasteiger partial charge in [0.2, 0.25) is 5.91 Å². The summed E-state index contributed by atoms with van der Waals surface area (Å²) in [4.78, 5) is 32.6. The van der Waals surface area contributed by atoms with Crippen molar-refractivity contribution >= 4 is 33.8 Å². The van der Waals surface area contributed by atoms with Crippen LogP contribution in [0.15, 0.2) is 48.5 Å². The van der Waals surface area contributed by atoms with Crippen molar-refractivity contribution in [2.75, 3.05) is 31.1 Å². The molecule has 0 N–H and O–H groups in total. The Bertz CT molecular complexity index is 1400. The van der Waals surface area contributed by atoms with Crippen molar-refractivity contribution in [1.82, 2.24) is 19.5 Å². The summed E-state index contributed by atoms with van der Waals surface area (Å²) in [5.41, 5.74) is 5.43. The van der Waals surface area contributed by atoms with Gasteiger partial charge in [0.15, 0.2) is 5.65 Å². The molecule has 4 aromatic rings. The summed E-state index contributed by atoms with van der Waals surface area (Å²) in [7, 11) is 0. The molecule has 1 aliphatic heterocycles. The van der Waals surface area contributed by atoms with Gasteiger partial charge in [0.1, 0.15) is 5.69 Å². The molecule has 1 saturated heterocycles. The molecule has 0 spiro atoms. The molecule has 1 fully saturated rings. The van der Waals surface area contributed by atoms with E-state index in [0.29, 0.717) is 44.7 Å². The largest absolute Gasteiger partial charge is 0.362 e. The molecule has 1 amide bonds. The topological polar surface area (TPSA) is 96.9 Å². The van der Waals surface area contributed by atoms with E-state index < -0.39 is 0 Å². The molecule has 3 heterocycles. The van der Waals surface area contributed by atoms with Gasteiger partial charge in [0, 0.05) is 55.4 Å². The number of rotatable bonds is 5. The lowest BCUT2D eigenvalue weighted by Gasteiger charge is -2.36. The highest BCUT2D eigenvalue weighted by Crippen LogP contribution is 2.28. The number of nitro benzene ring substituents is 1. The Morgan fingerprint density at radius 2 is 1.74 bits per heavy atom. The molecule has 9 nitrogen and oxygen atoms in total. The standard InChI is InChI=1S/C25H26N6O3/c1-17-19(18(2)30-25(26-17)20-7-3-4-8-21(20)27-30)11-12-24(32)29-15-13-28(14-16-29)22-9-5-6-10-23(22)31(33)34/h3-10H,11-16H2,1-2H3. The highest BCUT2D eigenvalue weighted by Gasteiger charge is 2.25. The number of aromatic nitrogens is 3. The van der Waals surface area contributed by atoms with E-state index in [9.17, 15) is 14.9 Å². The van der Waals surface area contributed by atoms with Crippen molar-refractivity contribution in [2.24, 2.45) is 0 Å². The Hall–Kier alpha value is -4.01. The molecule has 9 heteroatoms. The molecule has 0 aliphatic carbocycles. The lowest BCUT2D eigenvalue weighted by Crippen LogP contribution is -2.49. The smallest absolute Gasteiger partial charge is 0.292 e. The fraction of sp³-hybridized carbons (Fsp3) is 0.320. The Balaban J connectivity index is 1.27. The van der Waals surface area contributed by atoms with Gasteiger partial charge in [0.25, 0.3) is 5.69 Å². The summed E-state index contributed by atoms with van der Waals surface area (Å²) in [6, 6.07) is 14.7. The number of benzene rings is 2. The number of fused-ring (bicyclic) bond motifs is 3. The van der Waals surface area contributed by atoms with Crippen LogP contribution in [0.1, 0.15) is 23.4 Å². The first kappa shape index (κ1) is 21.8. The zero-order valence-electron chi connectivity index (χ0n) is 19.3. The van der Waals surface area contributed by atoms with Crippen LogP contribution < -0.4 is 4.90 Å². The van der Waals surface area contributed by atoms with Crippen LogP contribution in [0, 0.1) is 24.0 Å². The summed E-state index contributed by atoms with van der Waals surface area (Å²) in [6.45, 7) is 6.25. The SMILES string of the molecule is Cc1nc2c3ccccc3nn2c(C)c1CCC(=O)N1CCN(c2ccccc2[N+](=O)[O-])CC1. The molecule has 0 radical (unpaired) electrons. The predicted molar refractivity (Wildman–Crippen MR) is 130 cm³/mol. The number of amides is 1. The maximum atomic E-state index is 13.0. The molecule has 5 rings (SSSR count). The average molecular weight is 459 g/mol. The molecule has 2 aromatic heterocycles. The molecular formula is C25H26N6O3. The number of nitrogens with zero attached hydrogens (tertiary/aromatic N) is 6. The highest BCUT2D eigenvalue weighted by molar-refractivity contribution is 5.92. The predicted octanol–water partition coefficient (Wildman–Crippen LogP) is 3.69. The van der Waals surface area contributed by atoms with Crippen LogP contribution in [0.2, 0.25) is 0 Å². The number of hydrogen-bond acceptors (Lipinski definition) is 6. The van der Waals surface area contributed by atoms with E-state index in [1.54, 1.807) is 18.2 Å². The number of carbonyl (C=O) groups is 1. The van der Waals surface area contributed by atoms with Gasteiger partial charge in [0.05, 0.1) is 10.4 Å². The summed E-state index contributed by atoms with van der Waals surface area (Å²) in [6.07, 6.45) is 0.987. The maximum absolute atomic E-state index is 13.0.